The van der Waals surface area contributed by atoms with Crippen LogP contribution >= 0.6 is 11.3 Å². The number of aromatic nitrogens is 1. The van der Waals surface area contributed by atoms with Crippen molar-refractivity contribution in [1.29, 1.82) is 0 Å². The van der Waals surface area contributed by atoms with Crippen LogP contribution in [0, 0.1) is 6.92 Å². The number of rotatable bonds is 5. The maximum atomic E-state index is 5.44. The molecule has 0 aliphatic carbocycles. The third-order valence-corrected chi connectivity index (χ3v) is 4.41. The molecule has 0 atom stereocenters. The topological polar surface area (TPSA) is 43.4 Å². The van der Waals surface area contributed by atoms with E-state index in [1.807, 2.05) is 18.2 Å². The lowest BCUT2D eigenvalue weighted by Crippen LogP contribution is -2.24. The summed E-state index contributed by atoms with van der Waals surface area (Å²) in [6, 6.07) is 6.53. The van der Waals surface area contributed by atoms with Crippen LogP contribution in [0.15, 0.2) is 18.2 Å². The molecule has 0 bridgehead atoms. The summed E-state index contributed by atoms with van der Waals surface area (Å²) in [6.45, 7) is 7.71. The molecule has 0 saturated carbocycles. The van der Waals surface area contributed by atoms with Crippen molar-refractivity contribution in [3.63, 3.8) is 0 Å². The third kappa shape index (κ3) is 3.19. The standard InChI is InChI=1S/C16H20N2O2S/c1-10(2)17-7-6-15-18-16(11(3)21-15)12-4-5-13-14(8-12)20-9-19-13/h4-5,8,10,17H,6-7,9H2,1-3H3. The largest absolute Gasteiger partial charge is 0.454 e. The Bertz CT molecular complexity index is 637. The predicted octanol–water partition coefficient (Wildman–Crippen LogP) is 3.39. The fourth-order valence-corrected chi connectivity index (χ4v) is 3.29. The van der Waals surface area contributed by atoms with E-state index in [4.69, 9.17) is 14.5 Å². The number of ether oxygens (including phenoxy) is 2. The van der Waals surface area contributed by atoms with Gasteiger partial charge in [-0.25, -0.2) is 4.98 Å². The van der Waals surface area contributed by atoms with Crippen LogP contribution in [0.1, 0.15) is 23.7 Å². The van der Waals surface area contributed by atoms with Crippen LogP contribution in [-0.2, 0) is 6.42 Å². The monoisotopic (exact) mass is 304 g/mol. The summed E-state index contributed by atoms with van der Waals surface area (Å²) < 4.78 is 10.8. The number of nitrogens with zero attached hydrogens (tertiary/aromatic N) is 1. The van der Waals surface area contributed by atoms with Crippen molar-refractivity contribution in [2.24, 2.45) is 0 Å². The minimum atomic E-state index is 0.307. The smallest absolute Gasteiger partial charge is 0.231 e. The summed E-state index contributed by atoms with van der Waals surface area (Å²) in [4.78, 5) is 6.03. The van der Waals surface area contributed by atoms with E-state index in [9.17, 15) is 0 Å². The van der Waals surface area contributed by atoms with Gasteiger partial charge >= 0.3 is 0 Å². The Morgan fingerprint density at radius 1 is 1.29 bits per heavy atom. The average molecular weight is 304 g/mol. The Kier molecular flexibility index (Phi) is 4.12. The van der Waals surface area contributed by atoms with Crippen LogP contribution in [0.3, 0.4) is 0 Å². The summed E-state index contributed by atoms with van der Waals surface area (Å²) in [7, 11) is 0. The molecule has 1 aliphatic rings. The summed E-state index contributed by atoms with van der Waals surface area (Å²) in [5, 5.41) is 4.60. The van der Waals surface area contributed by atoms with Gasteiger partial charge in [0.2, 0.25) is 6.79 Å². The molecule has 2 heterocycles. The summed E-state index contributed by atoms with van der Waals surface area (Å²) in [5.74, 6) is 1.62. The number of benzene rings is 1. The number of hydrogen-bond donors (Lipinski definition) is 1. The lowest BCUT2D eigenvalue weighted by atomic mass is 10.1. The van der Waals surface area contributed by atoms with Gasteiger partial charge < -0.3 is 14.8 Å². The number of thiazole rings is 1. The highest BCUT2D eigenvalue weighted by Gasteiger charge is 2.16. The molecule has 1 aliphatic heterocycles. The van der Waals surface area contributed by atoms with E-state index in [0.29, 0.717) is 12.8 Å². The Balaban J connectivity index is 1.77. The van der Waals surface area contributed by atoms with Crippen LogP contribution in [0.25, 0.3) is 11.3 Å². The van der Waals surface area contributed by atoms with E-state index in [1.54, 1.807) is 11.3 Å². The van der Waals surface area contributed by atoms with E-state index in [1.165, 1.54) is 9.88 Å². The van der Waals surface area contributed by atoms with Gasteiger partial charge in [0.25, 0.3) is 0 Å². The fourth-order valence-electron chi connectivity index (χ4n) is 2.34. The molecule has 5 heteroatoms. The van der Waals surface area contributed by atoms with Gasteiger partial charge in [-0.05, 0) is 25.1 Å². The molecule has 112 valence electrons. The fraction of sp³-hybridized carbons (Fsp3) is 0.438. The molecule has 0 fully saturated rings. The summed E-state index contributed by atoms with van der Waals surface area (Å²) in [6.07, 6.45) is 0.967. The quantitative estimate of drug-likeness (QED) is 0.919. The molecule has 1 aromatic carbocycles. The first-order chi connectivity index (χ1) is 10.1. The van der Waals surface area contributed by atoms with Gasteiger partial charge in [0.1, 0.15) is 0 Å². The molecule has 0 saturated heterocycles. The minimum absolute atomic E-state index is 0.307. The normalized spacial score (nSPS) is 13.1. The van der Waals surface area contributed by atoms with Gasteiger partial charge in [-0.15, -0.1) is 11.3 Å². The van der Waals surface area contributed by atoms with Crippen molar-refractivity contribution < 1.29 is 9.47 Å². The number of aryl methyl sites for hydroxylation is 1. The van der Waals surface area contributed by atoms with Crippen molar-refractivity contribution in [2.45, 2.75) is 33.2 Å². The van der Waals surface area contributed by atoms with Gasteiger partial charge in [-0.2, -0.15) is 0 Å². The molecular formula is C16H20N2O2S. The van der Waals surface area contributed by atoms with Crippen LogP contribution < -0.4 is 14.8 Å². The van der Waals surface area contributed by atoms with Gasteiger partial charge in [-0.1, -0.05) is 13.8 Å². The first-order valence-electron chi connectivity index (χ1n) is 7.23. The molecule has 1 N–H and O–H groups in total. The van der Waals surface area contributed by atoms with Crippen molar-refractivity contribution in [1.82, 2.24) is 10.3 Å². The van der Waals surface area contributed by atoms with E-state index < -0.39 is 0 Å². The van der Waals surface area contributed by atoms with Gasteiger partial charge in [0.15, 0.2) is 11.5 Å². The maximum Gasteiger partial charge on any atom is 0.231 e. The van der Waals surface area contributed by atoms with Crippen LogP contribution in [0.4, 0.5) is 0 Å². The van der Waals surface area contributed by atoms with Gasteiger partial charge in [-0.3, -0.25) is 0 Å². The molecule has 2 aromatic rings. The Labute approximate surface area is 129 Å². The minimum Gasteiger partial charge on any atom is -0.454 e. The number of hydrogen-bond acceptors (Lipinski definition) is 5. The number of nitrogens with one attached hydrogen (secondary N) is 1. The zero-order chi connectivity index (χ0) is 14.8. The number of fused-ring (bicyclic) bond motifs is 1. The van der Waals surface area contributed by atoms with E-state index in [0.717, 1.165) is 35.7 Å². The van der Waals surface area contributed by atoms with Crippen molar-refractivity contribution >= 4 is 11.3 Å². The van der Waals surface area contributed by atoms with Crippen LogP contribution in [0.5, 0.6) is 11.5 Å². The van der Waals surface area contributed by atoms with Crippen LogP contribution in [-0.4, -0.2) is 24.4 Å². The van der Waals surface area contributed by atoms with Crippen LogP contribution in [0.2, 0.25) is 0 Å². The van der Waals surface area contributed by atoms with E-state index >= 15 is 0 Å². The third-order valence-electron chi connectivity index (χ3n) is 3.38. The molecule has 3 rings (SSSR count). The highest BCUT2D eigenvalue weighted by atomic mass is 32.1. The van der Waals surface area contributed by atoms with Crippen molar-refractivity contribution in [3.05, 3.63) is 28.1 Å². The molecular weight excluding hydrogens is 284 g/mol. The predicted molar refractivity (Wildman–Crippen MR) is 85.3 cm³/mol. The van der Waals surface area contributed by atoms with Gasteiger partial charge in [0.05, 0.1) is 10.7 Å². The van der Waals surface area contributed by atoms with Crippen molar-refractivity contribution in [3.8, 4) is 22.8 Å². The lowest BCUT2D eigenvalue weighted by molar-refractivity contribution is 0.174. The first-order valence-corrected chi connectivity index (χ1v) is 8.05. The Morgan fingerprint density at radius 3 is 2.90 bits per heavy atom. The van der Waals surface area contributed by atoms with E-state index in [-0.39, 0.29) is 0 Å². The molecule has 4 nitrogen and oxygen atoms in total. The molecule has 0 amide bonds. The second-order valence-electron chi connectivity index (χ2n) is 5.44. The summed E-state index contributed by atoms with van der Waals surface area (Å²) >= 11 is 1.77. The Hall–Kier alpha value is -1.59. The molecule has 0 radical (unpaired) electrons. The first kappa shape index (κ1) is 14.4. The van der Waals surface area contributed by atoms with Gasteiger partial charge in [0, 0.05) is 29.4 Å². The zero-order valence-corrected chi connectivity index (χ0v) is 13.4. The average Bonchev–Trinajstić information content (AvgIpc) is 3.03. The highest BCUT2D eigenvalue weighted by molar-refractivity contribution is 7.12. The summed E-state index contributed by atoms with van der Waals surface area (Å²) in [5.41, 5.74) is 2.15. The Morgan fingerprint density at radius 2 is 2.10 bits per heavy atom. The lowest BCUT2D eigenvalue weighted by Gasteiger charge is -2.05. The maximum absolute atomic E-state index is 5.44. The molecule has 1 aromatic heterocycles. The second-order valence-corrected chi connectivity index (χ2v) is 6.73. The highest BCUT2D eigenvalue weighted by Crippen LogP contribution is 2.37. The van der Waals surface area contributed by atoms with E-state index in [2.05, 4.69) is 26.1 Å². The van der Waals surface area contributed by atoms with Crippen molar-refractivity contribution in [2.75, 3.05) is 13.3 Å². The molecule has 0 spiro atoms. The molecule has 21 heavy (non-hydrogen) atoms. The zero-order valence-electron chi connectivity index (χ0n) is 12.6. The molecule has 0 unspecified atom stereocenters. The SMILES string of the molecule is Cc1sc(CCNC(C)C)nc1-c1ccc2c(c1)OCO2. The second kappa shape index (κ2) is 6.03.